The van der Waals surface area contributed by atoms with Gasteiger partial charge in [0, 0.05) is 11.8 Å². The lowest BCUT2D eigenvalue weighted by Gasteiger charge is -2.33. The highest BCUT2D eigenvalue weighted by Crippen LogP contribution is 2.36. The first-order chi connectivity index (χ1) is 15.9. The maximum Gasteiger partial charge on any atom is 0.325 e. The number of benzene rings is 1. The van der Waals surface area contributed by atoms with Gasteiger partial charge in [-0.15, -0.1) is 0 Å². The highest BCUT2D eigenvalue weighted by molar-refractivity contribution is 6.10. The van der Waals surface area contributed by atoms with Crippen LogP contribution in [0.25, 0.3) is 16.9 Å². The van der Waals surface area contributed by atoms with Crippen molar-refractivity contribution in [3.05, 3.63) is 54.2 Å². The quantitative estimate of drug-likeness (QED) is 0.598. The van der Waals surface area contributed by atoms with Crippen LogP contribution in [-0.4, -0.2) is 44.2 Å². The van der Waals surface area contributed by atoms with Crippen molar-refractivity contribution in [3.63, 3.8) is 0 Å². The molecule has 1 aromatic carbocycles. The highest BCUT2D eigenvalue weighted by Gasteiger charge is 2.52. The van der Waals surface area contributed by atoms with Crippen LogP contribution in [-0.2, 0) is 9.59 Å². The van der Waals surface area contributed by atoms with Crippen molar-refractivity contribution in [2.45, 2.75) is 45.1 Å². The van der Waals surface area contributed by atoms with E-state index in [1.807, 2.05) is 60.0 Å². The number of aromatic nitrogens is 2. The molecule has 0 unspecified atom stereocenters. The highest BCUT2D eigenvalue weighted by atomic mass is 16.2. The van der Waals surface area contributed by atoms with E-state index in [1.165, 1.54) is 0 Å². The fourth-order valence-electron chi connectivity index (χ4n) is 4.85. The van der Waals surface area contributed by atoms with Crippen LogP contribution in [0.2, 0.25) is 0 Å². The second-order valence-electron chi connectivity index (χ2n) is 9.19. The molecule has 3 aromatic rings. The number of urea groups is 1. The standard InChI is InChI=1S/C25H27N5O3/c1-16-10-12-25(13-11-16)23(32)30(24(33)28-25)15-19(31)26-22-20(18-8-4-3-5-9-18)27-21-17(2)7-6-14-29(21)22/h3-9,14,16H,10-13,15H2,1-2H3,(H,26,31)(H,28,33). The molecular formula is C25H27N5O3. The summed E-state index contributed by atoms with van der Waals surface area (Å²) in [6, 6.07) is 12.9. The molecule has 0 bridgehead atoms. The van der Waals surface area contributed by atoms with Crippen LogP contribution in [0.3, 0.4) is 0 Å². The normalized spacial score (nSPS) is 22.7. The molecule has 170 valence electrons. The third-order valence-corrected chi connectivity index (χ3v) is 6.83. The lowest BCUT2D eigenvalue weighted by atomic mass is 9.77. The SMILES string of the molecule is Cc1cccn2c(NC(=O)CN3C(=O)NC4(CCC(C)CC4)C3=O)c(-c3ccccc3)nc12. The monoisotopic (exact) mass is 445 g/mol. The van der Waals surface area contributed by atoms with Gasteiger partial charge in [-0.1, -0.05) is 43.3 Å². The number of fused-ring (bicyclic) bond motifs is 1. The van der Waals surface area contributed by atoms with Crippen LogP contribution in [0.15, 0.2) is 48.7 Å². The first kappa shape index (κ1) is 21.2. The number of anilines is 1. The van der Waals surface area contributed by atoms with Crippen molar-refractivity contribution in [1.82, 2.24) is 19.6 Å². The van der Waals surface area contributed by atoms with Crippen molar-refractivity contribution < 1.29 is 14.4 Å². The largest absolute Gasteiger partial charge is 0.325 e. The molecule has 2 fully saturated rings. The van der Waals surface area contributed by atoms with Gasteiger partial charge in [0.2, 0.25) is 5.91 Å². The van der Waals surface area contributed by atoms with E-state index in [1.54, 1.807) is 0 Å². The molecule has 1 aliphatic heterocycles. The topological polar surface area (TPSA) is 95.8 Å². The van der Waals surface area contributed by atoms with Gasteiger partial charge in [0.15, 0.2) is 0 Å². The third kappa shape index (κ3) is 3.65. The van der Waals surface area contributed by atoms with Crippen LogP contribution in [0.5, 0.6) is 0 Å². The fourth-order valence-corrected chi connectivity index (χ4v) is 4.85. The molecule has 0 radical (unpaired) electrons. The number of nitrogens with one attached hydrogen (secondary N) is 2. The molecule has 8 nitrogen and oxygen atoms in total. The summed E-state index contributed by atoms with van der Waals surface area (Å²) in [5, 5.41) is 5.78. The van der Waals surface area contributed by atoms with Gasteiger partial charge in [-0.2, -0.15) is 0 Å². The minimum absolute atomic E-state index is 0.299. The van der Waals surface area contributed by atoms with E-state index in [-0.39, 0.29) is 12.5 Å². The first-order valence-electron chi connectivity index (χ1n) is 11.3. The Morgan fingerprint density at radius 1 is 1.15 bits per heavy atom. The Morgan fingerprint density at radius 2 is 1.88 bits per heavy atom. The number of imide groups is 1. The average molecular weight is 446 g/mol. The molecule has 5 rings (SSSR count). The van der Waals surface area contributed by atoms with E-state index in [0.29, 0.717) is 30.3 Å². The zero-order valence-electron chi connectivity index (χ0n) is 18.8. The number of pyridine rings is 1. The molecule has 8 heteroatoms. The van der Waals surface area contributed by atoms with Crippen molar-refractivity contribution in [2.24, 2.45) is 5.92 Å². The summed E-state index contributed by atoms with van der Waals surface area (Å²) >= 11 is 0. The van der Waals surface area contributed by atoms with Crippen LogP contribution in [0, 0.1) is 12.8 Å². The van der Waals surface area contributed by atoms with Gasteiger partial charge in [-0.05, 0) is 50.2 Å². The Labute approximate surface area is 192 Å². The van der Waals surface area contributed by atoms with E-state index in [2.05, 4.69) is 17.6 Å². The zero-order chi connectivity index (χ0) is 23.2. The predicted octanol–water partition coefficient (Wildman–Crippen LogP) is 3.75. The number of rotatable bonds is 4. The molecule has 2 N–H and O–H groups in total. The molecule has 0 atom stereocenters. The predicted molar refractivity (Wildman–Crippen MR) is 125 cm³/mol. The second kappa shape index (κ2) is 8.03. The number of nitrogens with zero attached hydrogens (tertiary/aromatic N) is 3. The lowest BCUT2D eigenvalue weighted by Crippen LogP contribution is -2.49. The molecule has 3 heterocycles. The molecule has 1 spiro atoms. The van der Waals surface area contributed by atoms with Crippen molar-refractivity contribution in [2.75, 3.05) is 11.9 Å². The summed E-state index contributed by atoms with van der Waals surface area (Å²) in [4.78, 5) is 44.6. The van der Waals surface area contributed by atoms with Gasteiger partial charge >= 0.3 is 6.03 Å². The summed E-state index contributed by atoms with van der Waals surface area (Å²) in [5.74, 6) is 0.304. The Kier molecular flexibility index (Phi) is 5.15. The van der Waals surface area contributed by atoms with Gasteiger partial charge in [-0.25, -0.2) is 9.78 Å². The Bertz CT molecular complexity index is 1240. The van der Waals surface area contributed by atoms with E-state index in [9.17, 15) is 14.4 Å². The summed E-state index contributed by atoms with van der Waals surface area (Å²) < 4.78 is 1.82. The molecular weight excluding hydrogens is 418 g/mol. The Morgan fingerprint density at radius 3 is 2.61 bits per heavy atom. The number of amides is 4. The van der Waals surface area contributed by atoms with Crippen LogP contribution >= 0.6 is 0 Å². The fraction of sp³-hybridized carbons (Fsp3) is 0.360. The maximum atomic E-state index is 13.1. The number of carbonyl (C=O) groups is 3. The molecule has 2 aliphatic rings. The van der Waals surface area contributed by atoms with Gasteiger partial charge < -0.3 is 10.6 Å². The summed E-state index contributed by atoms with van der Waals surface area (Å²) in [6.45, 7) is 3.77. The van der Waals surface area contributed by atoms with Gasteiger partial charge in [0.25, 0.3) is 5.91 Å². The first-order valence-corrected chi connectivity index (χ1v) is 11.3. The number of hydrogen-bond donors (Lipinski definition) is 2. The number of carbonyl (C=O) groups excluding carboxylic acids is 3. The average Bonchev–Trinajstić information content (AvgIpc) is 3.28. The molecule has 1 saturated heterocycles. The zero-order valence-corrected chi connectivity index (χ0v) is 18.8. The number of imidazole rings is 1. The van der Waals surface area contributed by atoms with Gasteiger partial charge in [0.1, 0.15) is 29.2 Å². The van der Waals surface area contributed by atoms with E-state index < -0.39 is 17.5 Å². The van der Waals surface area contributed by atoms with Crippen LogP contribution < -0.4 is 10.6 Å². The van der Waals surface area contributed by atoms with E-state index in [0.717, 1.165) is 34.5 Å². The van der Waals surface area contributed by atoms with Crippen molar-refractivity contribution in [1.29, 1.82) is 0 Å². The third-order valence-electron chi connectivity index (χ3n) is 6.83. The van der Waals surface area contributed by atoms with Crippen molar-refractivity contribution >= 4 is 29.3 Å². The minimum Gasteiger partial charge on any atom is -0.323 e. The molecule has 33 heavy (non-hydrogen) atoms. The second-order valence-corrected chi connectivity index (χ2v) is 9.19. The Hall–Kier alpha value is -3.68. The summed E-state index contributed by atoms with van der Waals surface area (Å²) in [6.07, 6.45) is 4.83. The molecule has 1 aliphatic carbocycles. The molecule has 2 aromatic heterocycles. The van der Waals surface area contributed by atoms with Crippen LogP contribution in [0.1, 0.15) is 38.2 Å². The Balaban J connectivity index is 1.41. The number of aryl methyl sites for hydroxylation is 1. The van der Waals surface area contributed by atoms with Crippen molar-refractivity contribution in [3.8, 4) is 11.3 Å². The van der Waals surface area contributed by atoms with Gasteiger partial charge in [0.05, 0.1) is 0 Å². The smallest absolute Gasteiger partial charge is 0.323 e. The summed E-state index contributed by atoms with van der Waals surface area (Å²) in [5.41, 5.74) is 2.34. The summed E-state index contributed by atoms with van der Waals surface area (Å²) in [7, 11) is 0. The molecule has 4 amide bonds. The molecule has 1 saturated carbocycles. The number of hydrogen-bond acceptors (Lipinski definition) is 4. The maximum absolute atomic E-state index is 13.1. The van der Waals surface area contributed by atoms with E-state index in [4.69, 9.17) is 4.98 Å². The minimum atomic E-state index is -0.862. The lowest BCUT2D eigenvalue weighted by molar-refractivity contribution is -0.135. The van der Waals surface area contributed by atoms with Gasteiger partial charge in [-0.3, -0.25) is 18.9 Å². The van der Waals surface area contributed by atoms with Crippen LogP contribution in [0.4, 0.5) is 10.6 Å². The van der Waals surface area contributed by atoms with E-state index >= 15 is 0 Å².